The highest BCUT2D eigenvalue weighted by atomic mass is 16.5. The van der Waals surface area contributed by atoms with Gasteiger partial charge in [-0.25, -0.2) is 9.97 Å². The first kappa shape index (κ1) is 15.7. The standard InChI is InChI=1S/C18H24N4O/c1-4-22(5-2)18-20-16-12-19-11-10-15(16)17(21-18)13-6-8-14(23-3)9-7-13/h6-9,19H,4-5,10-12H2,1-3H3. The number of ether oxygens (including phenoxy) is 1. The minimum atomic E-state index is 0.815. The molecule has 2 aromatic rings. The Labute approximate surface area is 137 Å². The van der Waals surface area contributed by atoms with Crippen molar-refractivity contribution in [3.05, 3.63) is 35.5 Å². The van der Waals surface area contributed by atoms with E-state index in [9.17, 15) is 0 Å². The van der Waals surface area contributed by atoms with Crippen molar-refractivity contribution in [2.75, 3.05) is 31.6 Å². The average molecular weight is 312 g/mol. The molecule has 23 heavy (non-hydrogen) atoms. The molecule has 5 nitrogen and oxygen atoms in total. The van der Waals surface area contributed by atoms with E-state index in [0.717, 1.165) is 61.2 Å². The molecule has 1 aliphatic rings. The van der Waals surface area contributed by atoms with Crippen molar-refractivity contribution in [1.82, 2.24) is 15.3 Å². The van der Waals surface area contributed by atoms with E-state index in [1.54, 1.807) is 7.11 Å². The number of rotatable bonds is 5. The van der Waals surface area contributed by atoms with Crippen LogP contribution in [0.2, 0.25) is 0 Å². The quantitative estimate of drug-likeness (QED) is 0.920. The smallest absolute Gasteiger partial charge is 0.226 e. The Morgan fingerprint density at radius 3 is 2.52 bits per heavy atom. The molecule has 0 aliphatic carbocycles. The lowest BCUT2D eigenvalue weighted by molar-refractivity contribution is 0.415. The number of methoxy groups -OCH3 is 1. The van der Waals surface area contributed by atoms with Crippen LogP contribution in [0.25, 0.3) is 11.3 Å². The lowest BCUT2D eigenvalue weighted by atomic mass is 9.99. The molecule has 2 heterocycles. The number of benzene rings is 1. The average Bonchev–Trinajstić information content (AvgIpc) is 2.62. The van der Waals surface area contributed by atoms with Crippen LogP contribution in [0.1, 0.15) is 25.1 Å². The van der Waals surface area contributed by atoms with Crippen molar-refractivity contribution in [1.29, 1.82) is 0 Å². The summed E-state index contributed by atoms with van der Waals surface area (Å²) in [5.41, 5.74) is 4.57. The van der Waals surface area contributed by atoms with Gasteiger partial charge in [-0.1, -0.05) is 0 Å². The predicted octanol–water partition coefficient (Wildman–Crippen LogP) is 2.64. The Hall–Kier alpha value is -2.14. The van der Waals surface area contributed by atoms with Gasteiger partial charge in [0, 0.05) is 30.8 Å². The summed E-state index contributed by atoms with van der Waals surface area (Å²) < 4.78 is 5.26. The fourth-order valence-electron chi connectivity index (χ4n) is 2.98. The highest BCUT2D eigenvalue weighted by molar-refractivity contribution is 5.66. The molecular weight excluding hydrogens is 288 g/mol. The van der Waals surface area contributed by atoms with Crippen molar-refractivity contribution >= 4 is 5.95 Å². The van der Waals surface area contributed by atoms with E-state index < -0.39 is 0 Å². The molecule has 5 heteroatoms. The van der Waals surface area contributed by atoms with Crippen molar-refractivity contribution in [2.45, 2.75) is 26.8 Å². The molecule has 0 unspecified atom stereocenters. The molecule has 0 amide bonds. The van der Waals surface area contributed by atoms with Gasteiger partial charge in [0.15, 0.2) is 0 Å². The molecule has 1 N–H and O–H groups in total. The second kappa shape index (κ2) is 6.96. The second-order valence-electron chi connectivity index (χ2n) is 5.63. The molecule has 3 rings (SSSR count). The molecule has 0 saturated heterocycles. The minimum Gasteiger partial charge on any atom is -0.497 e. The fraction of sp³-hybridized carbons (Fsp3) is 0.444. The Morgan fingerprint density at radius 2 is 1.87 bits per heavy atom. The van der Waals surface area contributed by atoms with Crippen LogP contribution in [0.4, 0.5) is 5.95 Å². The summed E-state index contributed by atoms with van der Waals surface area (Å²) in [5, 5.41) is 3.41. The van der Waals surface area contributed by atoms with E-state index in [4.69, 9.17) is 14.7 Å². The van der Waals surface area contributed by atoms with E-state index in [2.05, 4.69) is 36.2 Å². The van der Waals surface area contributed by atoms with Gasteiger partial charge >= 0.3 is 0 Å². The van der Waals surface area contributed by atoms with Crippen LogP contribution in [0.5, 0.6) is 5.75 Å². The molecule has 0 bridgehead atoms. The van der Waals surface area contributed by atoms with Gasteiger partial charge in [0.1, 0.15) is 5.75 Å². The van der Waals surface area contributed by atoms with Gasteiger partial charge in [0.2, 0.25) is 5.95 Å². The van der Waals surface area contributed by atoms with Crippen LogP contribution in [0.15, 0.2) is 24.3 Å². The van der Waals surface area contributed by atoms with Gasteiger partial charge in [-0.05, 0) is 51.1 Å². The summed E-state index contributed by atoms with van der Waals surface area (Å²) in [5.74, 6) is 1.69. The number of nitrogens with one attached hydrogen (secondary N) is 1. The van der Waals surface area contributed by atoms with Crippen molar-refractivity contribution < 1.29 is 4.74 Å². The van der Waals surface area contributed by atoms with Crippen LogP contribution in [-0.4, -0.2) is 36.7 Å². The highest BCUT2D eigenvalue weighted by Crippen LogP contribution is 2.29. The lowest BCUT2D eigenvalue weighted by Gasteiger charge is -2.24. The SMILES string of the molecule is CCN(CC)c1nc2c(c(-c3ccc(OC)cc3)n1)CCNC2. The van der Waals surface area contributed by atoms with E-state index in [-0.39, 0.29) is 0 Å². The first-order valence-corrected chi connectivity index (χ1v) is 8.26. The number of hydrogen-bond acceptors (Lipinski definition) is 5. The Morgan fingerprint density at radius 1 is 1.13 bits per heavy atom. The summed E-state index contributed by atoms with van der Waals surface area (Å²) in [6.07, 6.45) is 0.967. The van der Waals surface area contributed by atoms with Gasteiger partial charge in [-0.3, -0.25) is 0 Å². The third-order valence-corrected chi connectivity index (χ3v) is 4.33. The van der Waals surface area contributed by atoms with Crippen molar-refractivity contribution in [3.8, 4) is 17.0 Å². The zero-order chi connectivity index (χ0) is 16.2. The summed E-state index contributed by atoms with van der Waals surface area (Å²) in [6, 6.07) is 8.13. The van der Waals surface area contributed by atoms with E-state index in [1.807, 2.05) is 12.1 Å². The third kappa shape index (κ3) is 3.15. The molecule has 0 fully saturated rings. The summed E-state index contributed by atoms with van der Waals surface area (Å²) in [4.78, 5) is 11.9. The van der Waals surface area contributed by atoms with Crippen LogP contribution in [0.3, 0.4) is 0 Å². The molecule has 0 radical (unpaired) electrons. The first-order valence-electron chi connectivity index (χ1n) is 8.26. The predicted molar refractivity (Wildman–Crippen MR) is 93.0 cm³/mol. The minimum absolute atomic E-state index is 0.815. The molecule has 1 aromatic heterocycles. The second-order valence-corrected chi connectivity index (χ2v) is 5.63. The molecule has 0 saturated carbocycles. The zero-order valence-corrected chi connectivity index (χ0v) is 14.1. The van der Waals surface area contributed by atoms with Crippen LogP contribution in [-0.2, 0) is 13.0 Å². The maximum absolute atomic E-state index is 5.26. The number of aromatic nitrogens is 2. The van der Waals surface area contributed by atoms with Gasteiger partial charge in [0.25, 0.3) is 0 Å². The number of nitrogens with zero attached hydrogens (tertiary/aromatic N) is 3. The Kier molecular flexibility index (Phi) is 4.76. The fourth-order valence-corrected chi connectivity index (χ4v) is 2.98. The molecule has 122 valence electrons. The molecule has 1 aliphatic heterocycles. The number of fused-ring (bicyclic) bond motifs is 1. The number of hydrogen-bond donors (Lipinski definition) is 1. The molecule has 1 aromatic carbocycles. The molecule has 0 atom stereocenters. The zero-order valence-electron chi connectivity index (χ0n) is 14.1. The lowest BCUT2D eigenvalue weighted by Crippen LogP contribution is -2.29. The van der Waals surface area contributed by atoms with Gasteiger partial charge in [-0.2, -0.15) is 0 Å². The highest BCUT2D eigenvalue weighted by Gasteiger charge is 2.20. The monoisotopic (exact) mass is 312 g/mol. The largest absolute Gasteiger partial charge is 0.497 e. The first-order chi connectivity index (χ1) is 11.3. The van der Waals surface area contributed by atoms with Crippen LogP contribution >= 0.6 is 0 Å². The maximum atomic E-state index is 5.26. The van der Waals surface area contributed by atoms with Crippen molar-refractivity contribution in [3.63, 3.8) is 0 Å². The maximum Gasteiger partial charge on any atom is 0.226 e. The normalized spacial score (nSPS) is 13.5. The molecule has 0 spiro atoms. The van der Waals surface area contributed by atoms with E-state index in [1.165, 1.54) is 5.56 Å². The van der Waals surface area contributed by atoms with Crippen LogP contribution < -0.4 is 15.0 Å². The van der Waals surface area contributed by atoms with Crippen molar-refractivity contribution in [2.24, 2.45) is 0 Å². The number of anilines is 1. The summed E-state index contributed by atoms with van der Waals surface area (Å²) >= 11 is 0. The Balaban J connectivity index is 2.10. The molecular formula is C18H24N4O. The van der Waals surface area contributed by atoms with Crippen LogP contribution in [0, 0.1) is 0 Å². The van der Waals surface area contributed by atoms with Gasteiger partial charge in [-0.15, -0.1) is 0 Å². The topological polar surface area (TPSA) is 50.3 Å². The summed E-state index contributed by atoms with van der Waals surface area (Å²) in [6.45, 7) is 7.88. The van der Waals surface area contributed by atoms with Gasteiger partial charge in [0.05, 0.1) is 18.5 Å². The van der Waals surface area contributed by atoms with E-state index >= 15 is 0 Å². The summed E-state index contributed by atoms with van der Waals surface area (Å²) in [7, 11) is 1.69. The Bertz CT molecular complexity index is 665. The van der Waals surface area contributed by atoms with E-state index in [0.29, 0.717) is 0 Å². The third-order valence-electron chi connectivity index (χ3n) is 4.33. The van der Waals surface area contributed by atoms with Gasteiger partial charge < -0.3 is 15.0 Å².